The van der Waals surface area contributed by atoms with Gasteiger partial charge in [-0.2, -0.15) is 0 Å². The molecule has 2 aromatic heterocycles. The highest BCUT2D eigenvalue weighted by molar-refractivity contribution is 5.77. The van der Waals surface area contributed by atoms with Crippen molar-refractivity contribution >= 4 is 16.9 Å². The molecule has 1 fully saturated rings. The van der Waals surface area contributed by atoms with Gasteiger partial charge in [-0.15, -0.1) is 0 Å². The highest BCUT2D eigenvalue weighted by Gasteiger charge is 2.22. The number of benzene rings is 1. The lowest BCUT2D eigenvalue weighted by atomic mass is 10.1. The maximum Gasteiger partial charge on any atom is 0.139 e. The number of aromatic amines is 1. The van der Waals surface area contributed by atoms with Gasteiger partial charge in [0.1, 0.15) is 11.5 Å². The van der Waals surface area contributed by atoms with Crippen LogP contribution in [0.25, 0.3) is 11.0 Å². The van der Waals surface area contributed by atoms with Gasteiger partial charge in [0.05, 0.1) is 0 Å². The van der Waals surface area contributed by atoms with Gasteiger partial charge in [0.25, 0.3) is 0 Å². The van der Waals surface area contributed by atoms with Crippen LogP contribution in [0.5, 0.6) is 0 Å². The SMILES string of the molecule is c1ccc(CN2CC[C@@H](CNc3ccc4cc[nH]c4n3)C2)cc1. The van der Waals surface area contributed by atoms with Crippen molar-refractivity contribution in [2.75, 3.05) is 25.0 Å². The summed E-state index contributed by atoms with van der Waals surface area (Å²) < 4.78 is 0. The number of likely N-dealkylation sites (tertiary alicyclic amines) is 1. The van der Waals surface area contributed by atoms with E-state index in [4.69, 9.17) is 0 Å². The van der Waals surface area contributed by atoms with E-state index in [-0.39, 0.29) is 0 Å². The Morgan fingerprint density at radius 2 is 2.04 bits per heavy atom. The van der Waals surface area contributed by atoms with Gasteiger partial charge in [0.2, 0.25) is 0 Å². The van der Waals surface area contributed by atoms with Gasteiger partial charge in [-0.3, -0.25) is 4.90 Å². The van der Waals surface area contributed by atoms with Crippen LogP contribution in [0.2, 0.25) is 0 Å². The number of H-pyrrole nitrogens is 1. The first-order valence-electron chi connectivity index (χ1n) is 8.31. The molecule has 0 aliphatic carbocycles. The van der Waals surface area contributed by atoms with E-state index < -0.39 is 0 Å². The van der Waals surface area contributed by atoms with Gasteiger partial charge < -0.3 is 10.3 Å². The molecule has 0 saturated carbocycles. The van der Waals surface area contributed by atoms with E-state index in [0.29, 0.717) is 5.92 Å². The molecular formula is C19H22N4. The zero-order valence-corrected chi connectivity index (χ0v) is 13.2. The van der Waals surface area contributed by atoms with E-state index in [9.17, 15) is 0 Å². The number of anilines is 1. The Morgan fingerprint density at radius 1 is 1.13 bits per heavy atom. The van der Waals surface area contributed by atoms with Crippen LogP contribution in [0, 0.1) is 5.92 Å². The molecule has 0 radical (unpaired) electrons. The number of pyridine rings is 1. The van der Waals surface area contributed by atoms with E-state index >= 15 is 0 Å². The van der Waals surface area contributed by atoms with Gasteiger partial charge in [-0.05, 0) is 42.6 Å². The van der Waals surface area contributed by atoms with Gasteiger partial charge in [0.15, 0.2) is 0 Å². The fourth-order valence-electron chi connectivity index (χ4n) is 3.34. The van der Waals surface area contributed by atoms with Crippen molar-refractivity contribution < 1.29 is 0 Å². The summed E-state index contributed by atoms with van der Waals surface area (Å²) in [5.74, 6) is 1.65. The molecule has 3 aromatic rings. The second kappa shape index (κ2) is 6.42. The summed E-state index contributed by atoms with van der Waals surface area (Å²) in [6.45, 7) is 4.39. The maximum absolute atomic E-state index is 4.60. The Hall–Kier alpha value is -2.33. The molecule has 4 rings (SSSR count). The van der Waals surface area contributed by atoms with Crippen LogP contribution in [0.1, 0.15) is 12.0 Å². The predicted octanol–water partition coefficient (Wildman–Crippen LogP) is 3.50. The number of fused-ring (bicyclic) bond motifs is 1. The summed E-state index contributed by atoms with van der Waals surface area (Å²) in [6, 6.07) is 16.9. The molecule has 1 aromatic carbocycles. The van der Waals surface area contributed by atoms with Crippen molar-refractivity contribution in [3.63, 3.8) is 0 Å². The van der Waals surface area contributed by atoms with Crippen LogP contribution < -0.4 is 5.32 Å². The molecule has 118 valence electrons. The first kappa shape index (κ1) is 14.3. The lowest BCUT2D eigenvalue weighted by Gasteiger charge is -2.16. The number of rotatable bonds is 5. The first-order chi connectivity index (χ1) is 11.4. The highest BCUT2D eigenvalue weighted by Crippen LogP contribution is 2.20. The zero-order valence-electron chi connectivity index (χ0n) is 13.2. The monoisotopic (exact) mass is 306 g/mol. The second-order valence-electron chi connectivity index (χ2n) is 6.37. The van der Waals surface area contributed by atoms with Crippen molar-refractivity contribution in [1.29, 1.82) is 0 Å². The lowest BCUT2D eigenvalue weighted by molar-refractivity contribution is 0.319. The minimum atomic E-state index is 0.694. The third-order valence-electron chi connectivity index (χ3n) is 4.60. The molecule has 23 heavy (non-hydrogen) atoms. The fraction of sp³-hybridized carbons (Fsp3) is 0.316. The number of aromatic nitrogens is 2. The summed E-state index contributed by atoms with van der Waals surface area (Å²) in [6.07, 6.45) is 3.18. The Labute approximate surface area is 136 Å². The van der Waals surface area contributed by atoms with Crippen LogP contribution in [-0.4, -0.2) is 34.5 Å². The van der Waals surface area contributed by atoms with Crippen molar-refractivity contribution in [3.8, 4) is 0 Å². The third-order valence-corrected chi connectivity index (χ3v) is 4.60. The topological polar surface area (TPSA) is 44.0 Å². The lowest BCUT2D eigenvalue weighted by Crippen LogP contribution is -2.22. The van der Waals surface area contributed by atoms with Crippen molar-refractivity contribution in [1.82, 2.24) is 14.9 Å². The molecule has 4 heteroatoms. The normalized spacial score (nSPS) is 18.5. The molecular weight excluding hydrogens is 284 g/mol. The average molecular weight is 306 g/mol. The first-order valence-corrected chi connectivity index (χ1v) is 8.31. The second-order valence-corrected chi connectivity index (χ2v) is 6.37. The summed E-state index contributed by atoms with van der Waals surface area (Å²) in [5.41, 5.74) is 2.35. The molecule has 0 bridgehead atoms. The minimum absolute atomic E-state index is 0.694. The molecule has 1 aliphatic heterocycles. The van der Waals surface area contributed by atoms with Gasteiger partial charge in [0, 0.05) is 31.2 Å². The molecule has 2 N–H and O–H groups in total. The molecule has 0 spiro atoms. The van der Waals surface area contributed by atoms with Crippen LogP contribution in [-0.2, 0) is 6.54 Å². The fourth-order valence-corrected chi connectivity index (χ4v) is 3.34. The Balaban J connectivity index is 1.30. The van der Waals surface area contributed by atoms with Crippen LogP contribution in [0.3, 0.4) is 0 Å². The number of hydrogen-bond donors (Lipinski definition) is 2. The van der Waals surface area contributed by atoms with Crippen LogP contribution >= 0.6 is 0 Å². The minimum Gasteiger partial charge on any atom is -0.370 e. The molecule has 3 heterocycles. The summed E-state index contributed by atoms with van der Waals surface area (Å²) in [7, 11) is 0. The van der Waals surface area contributed by atoms with E-state index in [2.05, 4.69) is 62.6 Å². The maximum atomic E-state index is 4.60. The Kier molecular flexibility index (Phi) is 3.99. The number of nitrogens with one attached hydrogen (secondary N) is 2. The quantitative estimate of drug-likeness (QED) is 0.758. The van der Waals surface area contributed by atoms with Crippen LogP contribution in [0.15, 0.2) is 54.7 Å². The Morgan fingerprint density at radius 3 is 2.96 bits per heavy atom. The van der Waals surface area contributed by atoms with Crippen molar-refractivity contribution in [2.24, 2.45) is 5.92 Å². The highest BCUT2D eigenvalue weighted by atomic mass is 15.2. The van der Waals surface area contributed by atoms with Crippen molar-refractivity contribution in [2.45, 2.75) is 13.0 Å². The third kappa shape index (κ3) is 3.37. The van der Waals surface area contributed by atoms with Gasteiger partial charge in [-0.1, -0.05) is 30.3 Å². The molecule has 1 aliphatic rings. The van der Waals surface area contributed by atoms with E-state index in [1.54, 1.807) is 0 Å². The van der Waals surface area contributed by atoms with Crippen molar-refractivity contribution in [3.05, 3.63) is 60.3 Å². The molecule has 0 unspecified atom stereocenters. The van der Waals surface area contributed by atoms with E-state index in [1.807, 2.05) is 12.3 Å². The molecule has 1 atom stereocenters. The summed E-state index contributed by atoms with van der Waals surface area (Å²) >= 11 is 0. The van der Waals surface area contributed by atoms with Gasteiger partial charge in [-0.25, -0.2) is 4.98 Å². The predicted molar refractivity (Wildman–Crippen MR) is 94.4 cm³/mol. The van der Waals surface area contributed by atoms with E-state index in [1.165, 1.54) is 18.5 Å². The van der Waals surface area contributed by atoms with E-state index in [0.717, 1.165) is 36.5 Å². The average Bonchev–Trinajstić information content (AvgIpc) is 3.22. The Bertz CT molecular complexity index is 765. The summed E-state index contributed by atoms with van der Waals surface area (Å²) in [5, 5.41) is 4.65. The van der Waals surface area contributed by atoms with Gasteiger partial charge >= 0.3 is 0 Å². The molecule has 4 nitrogen and oxygen atoms in total. The van der Waals surface area contributed by atoms with Crippen LogP contribution in [0.4, 0.5) is 5.82 Å². The number of hydrogen-bond acceptors (Lipinski definition) is 3. The smallest absolute Gasteiger partial charge is 0.139 e. The largest absolute Gasteiger partial charge is 0.370 e. The number of nitrogens with zero attached hydrogens (tertiary/aromatic N) is 2. The standard InChI is InChI=1S/C19H22N4/c1-2-4-15(5-3-1)13-23-11-9-16(14-23)12-21-18-7-6-17-8-10-20-19(17)22-18/h1-8,10,16H,9,11-14H2,(H2,20,21,22)/t16-/m0/s1. The summed E-state index contributed by atoms with van der Waals surface area (Å²) in [4.78, 5) is 10.3. The molecule has 1 saturated heterocycles. The zero-order chi connectivity index (χ0) is 15.5. The molecule has 0 amide bonds.